The summed E-state index contributed by atoms with van der Waals surface area (Å²) in [6.45, 7) is 6.23. The number of hydrogen-bond donors (Lipinski definition) is 0. The van der Waals surface area contributed by atoms with Crippen LogP contribution in [0.1, 0.15) is 175 Å². The Hall–Kier alpha value is -1.72. The molecule has 0 aromatic rings. The smallest absolute Gasteiger partial charge is 0.316 e. The molecule has 0 spiro atoms. The molecule has 6 heteroatoms. The maximum atomic E-state index is 12.0. The molecule has 0 aromatic heterocycles. The van der Waals surface area contributed by atoms with Crippen LogP contribution in [0, 0.1) is 5.92 Å². The lowest BCUT2D eigenvalue weighted by Crippen LogP contribution is -2.21. The summed E-state index contributed by atoms with van der Waals surface area (Å²) in [5, 5.41) is 0. The fourth-order valence-electron chi connectivity index (χ4n) is 4.59. The van der Waals surface area contributed by atoms with E-state index in [1.54, 1.807) is 0 Å². The van der Waals surface area contributed by atoms with Crippen LogP contribution in [0.3, 0.4) is 0 Å². The first kappa shape index (κ1) is 36.3. The minimum atomic E-state index is -0.553. The molecule has 1 unspecified atom stereocenters. The minimum absolute atomic E-state index is 0.0797. The monoisotopic (exact) mass is 538 g/mol. The molecule has 0 N–H and O–H groups in total. The number of unbranched alkanes of at least 4 members (excludes halogenated alkanes) is 16. The third kappa shape index (κ3) is 23.4. The first-order valence-electron chi connectivity index (χ1n) is 15.9. The Morgan fingerprint density at radius 2 is 0.789 bits per heavy atom. The Balaban J connectivity index is 3.59. The van der Waals surface area contributed by atoms with Crippen molar-refractivity contribution in [2.45, 2.75) is 175 Å². The molecule has 1 atom stereocenters. The van der Waals surface area contributed by atoms with Crippen LogP contribution < -0.4 is 0 Å². The zero-order valence-corrected chi connectivity index (χ0v) is 25.0. The molecule has 0 amide bonds. The summed E-state index contributed by atoms with van der Waals surface area (Å²) < 4.78 is 9.82. The maximum Gasteiger partial charge on any atom is 0.316 e. The lowest BCUT2D eigenvalue weighted by atomic mass is 10.00. The van der Waals surface area contributed by atoms with Gasteiger partial charge in [-0.2, -0.15) is 0 Å². The fourth-order valence-corrected chi connectivity index (χ4v) is 4.59. The molecule has 0 aliphatic carbocycles. The number of ether oxygens (including phenoxy) is 2. The van der Waals surface area contributed by atoms with E-state index in [2.05, 4.69) is 13.8 Å². The first-order valence-corrected chi connectivity index (χ1v) is 15.9. The van der Waals surface area contributed by atoms with E-state index < -0.39 is 23.9 Å². The number of esters is 4. The summed E-state index contributed by atoms with van der Waals surface area (Å²) >= 11 is 0. The summed E-state index contributed by atoms with van der Waals surface area (Å²) in [6.07, 6.45) is 23.6. The molecule has 0 heterocycles. The van der Waals surface area contributed by atoms with E-state index in [1.165, 1.54) is 77.0 Å². The Morgan fingerprint density at radius 3 is 1.18 bits per heavy atom. The molecule has 0 radical (unpaired) electrons. The molecule has 0 bridgehead atoms. The third-order valence-corrected chi connectivity index (χ3v) is 7.17. The van der Waals surface area contributed by atoms with E-state index in [1.807, 2.05) is 6.92 Å². The second kappa shape index (κ2) is 26.9. The van der Waals surface area contributed by atoms with Gasteiger partial charge in [-0.1, -0.05) is 124 Å². The van der Waals surface area contributed by atoms with Gasteiger partial charge in [0.2, 0.25) is 0 Å². The molecule has 0 aliphatic rings. The second-order valence-electron chi connectivity index (χ2n) is 10.8. The van der Waals surface area contributed by atoms with Gasteiger partial charge in [0.25, 0.3) is 0 Å². The third-order valence-electron chi connectivity index (χ3n) is 7.17. The Labute approximate surface area is 233 Å². The molecule has 6 nitrogen and oxygen atoms in total. The quantitative estimate of drug-likeness (QED) is 0.0620. The number of rotatable bonds is 26. The highest BCUT2D eigenvalue weighted by atomic mass is 16.6. The number of carbonyl (C=O) groups excluding carboxylic acids is 4. The average Bonchev–Trinajstić information content (AvgIpc) is 2.89. The maximum absolute atomic E-state index is 12.0. The van der Waals surface area contributed by atoms with E-state index in [0.717, 1.165) is 38.5 Å². The Bertz CT molecular complexity index is 615. The van der Waals surface area contributed by atoms with Crippen molar-refractivity contribution in [2.24, 2.45) is 5.92 Å². The summed E-state index contributed by atoms with van der Waals surface area (Å²) in [5.41, 5.74) is 0. The largest absolute Gasteiger partial charge is 0.393 e. The molecule has 0 aromatic carbocycles. The first-order chi connectivity index (χ1) is 18.4. The van der Waals surface area contributed by atoms with Crippen molar-refractivity contribution in [3.8, 4) is 0 Å². The number of carbonyl (C=O) groups is 4. The second-order valence-corrected chi connectivity index (χ2v) is 10.8. The molecule has 0 saturated heterocycles. The van der Waals surface area contributed by atoms with Gasteiger partial charge in [-0.3, -0.25) is 19.2 Å². The van der Waals surface area contributed by atoms with Crippen molar-refractivity contribution >= 4 is 23.9 Å². The SMILES string of the molecule is CCCCCCCCCCCCCCCCCC(=O)OC(=O)CCCCC(=O)OC(=O)C(CC)CCCC. The summed E-state index contributed by atoms with van der Waals surface area (Å²) in [4.78, 5) is 47.6. The topological polar surface area (TPSA) is 86.7 Å². The van der Waals surface area contributed by atoms with Gasteiger partial charge in [-0.05, 0) is 32.1 Å². The lowest BCUT2D eigenvalue weighted by Gasteiger charge is -2.12. The molecular formula is C32H58O6. The van der Waals surface area contributed by atoms with Crippen molar-refractivity contribution in [3.63, 3.8) is 0 Å². The zero-order chi connectivity index (χ0) is 28.3. The van der Waals surface area contributed by atoms with Gasteiger partial charge in [0.15, 0.2) is 0 Å². The molecular weight excluding hydrogens is 480 g/mol. The highest BCUT2D eigenvalue weighted by molar-refractivity contribution is 5.87. The van der Waals surface area contributed by atoms with Crippen molar-refractivity contribution in [2.75, 3.05) is 0 Å². The van der Waals surface area contributed by atoms with E-state index in [-0.39, 0.29) is 25.2 Å². The lowest BCUT2D eigenvalue weighted by molar-refractivity contribution is -0.164. The van der Waals surface area contributed by atoms with Crippen LogP contribution in [0.4, 0.5) is 0 Å². The predicted molar refractivity (Wildman–Crippen MR) is 154 cm³/mol. The van der Waals surface area contributed by atoms with Crippen LogP contribution >= 0.6 is 0 Å². The molecule has 0 rings (SSSR count). The van der Waals surface area contributed by atoms with E-state index in [4.69, 9.17) is 9.47 Å². The van der Waals surface area contributed by atoms with E-state index in [0.29, 0.717) is 19.3 Å². The molecule has 38 heavy (non-hydrogen) atoms. The summed E-state index contributed by atoms with van der Waals surface area (Å²) in [5.74, 6) is -2.25. The van der Waals surface area contributed by atoms with E-state index in [9.17, 15) is 19.2 Å². The van der Waals surface area contributed by atoms with Gasteiger partial charge in [0, 0.05) is 19.3 Å². The van der Waals surface area contributed by atoms with Crippen molar-refractivity contribution in [1.82, 2.24) is 0 Å². The fraction of sp³-hybridized carbons (Fsp3) is 0.875. The Kier molecular flexibility index (Phi) is 25.7. The van der Waals surface area contributed by atoms with Crippen LogP contribution in [0.2, 0.25) is 0 Å². The Morgan fingerprint density at radius 1 is 0.447 bits per heavy atom. The molecule has 0 saturated carbocycles. The standard InChI is InChI=1S/C32H58O6/c1-4-7-9-10-11-12-13-14-15-16-17-18-19-20-21-25-29(33)37-30(34)26-22-23-27-31(35)38-32(36)28(6-3)24-8-5-2/h28H,4-27H2,1-3H3. The zero-order valence-electron chi connectivity index (χ0n) is 25.0. The molecule has 0 fully saturated rings. The molecule has 222 valence electrons. The highest BCUT2D eigenvalue weighted by Gasteiger charge is 2.20. The summed E-state index contributed by atoms with van der Waals surface area (Å²) in [6, 6.07) is 0. The van der Waals surface area contributed by atoms with Crippen molar-refractivity contribution < 1.29 is 28.7 Å². The average molecular weight is 539 g/mol. The van der Waals surface area contributed by atoms with Crippen molar-refractivity contribution in [3.05, 3.63) is 0 Å². The molecule has 0 aliphatic heterocycles. The van der Waals surface area contributed by atoms with Gasteiger partial charge < -0.3 is 9.47 Å². The normalized spacial score (nSPS) is 11.8. The van der Waals surface area contributed by atoms with Crippen LogP contribution in [-0.2, 0) is 28.7 Å². The summed E-state index contributed by atoms with van der Waals surface area (Å²) in [7, 11) is 0. The van der Waals surface area contributed by atoms with Crippen LogP contribution in [0.25, 0.3) is 0 Å². The van der Waals surface area contributed by atoms with Gasteiger partial charge in [0.1, 0.15) is 0 Å². The van der Waals surface area contributed by atoms with Gasteiger partial charge >= 0.3 is 23.9 Å². The van der Waals surface area contributed by atoms with Gasteiger partial charge in [-0.15, -0.1) is 0 Å². The minimum Gasteiger partial charge on any atom is -0.393 e. The van der Waals surface area contributed by atoms with Crippen LogP contribution in [-0.4, -0.2) is 23.9 Å². The van der Waals surface area contributed by atoms with Gasteiger partial charge in [-0.25, -0.2) is 0 Å². The van der Waals surface area contributed by atoms with Crippen LogP contribution in [0.5, 0.6) is 0 Å². The number of hydrogen-bond acceptors (Lipinski definition) is 6. The van der Waals surface area contributed by atoms with Crippen LogP contribution in [0.15, 0.2) is 0 Å². The van der Waals surface area contributed by atoms with Crippen molar-refractivity contribution in [1.29, 1.82) is 0 Å². The predicted octanol–water partition coefficient (Wildman–Crippen LogP) is 9.16. The highest BCUT2D eigenvalue weighted by Crippen LogP contribution is 2.16. The van der Waals surface area contributed by atoms with Gasteiger partial charge in [0.05, 0.1) is 5.92 Å². The van der Waals surface area contributed by atoms with E-state index >= 15 is 0 Å².